The Bertz CT molecular complexity index is 298. The van der Waals surface area contributed by atoms with Crippen molar-refractivity contribution in [1.29, 1.82) is 0 Å². The minimum atomic E-state index is 0.477. The molecule has 67 valence electrons. The number of benzene rings is 1. The normalized spacial score (nSPS) is 31.2. The van der Waals surface area contributed by atoms with Gasteiger partial charge >= 0.3 is 0 Å². The van der Waals surface area contributed by atoms with E-state index in [2.05, 4.69) is 23.1 Å². The Labute approximate surface area is 78.1 Å². The first-order valence-electron chi connectivity index (χ1n) is 4.78. The Balaban J connectivity index is 1.87. The molecule has 2 heteroatoms. The highest BCUT2D eigenvalue weighted by atomic mass is 16.5. The second-order valence-corrected chi connectivity index (χ2v) is 3.76. The lowest BCUT2D eigenvalue weighted by Gasteiger charge is -2.28. The first-order valence-corrected chi connectivity index (χ1v) is 4.78. The first kappa shape index (κ1) is 7.39. The van der Waals surface area contributed by atoms with E-state index < -0.39 is 0 Å². The average molecular weight is 174 g/mol. The third kappa shape index (κ3) is 1.13. The smallest absolute Gasteiger partial charge is 0.0771 e. The second-order valence-electron chi connectivity index (χ2n) is 3.76. The maximum absolute atomic E-state index is 5.55. The molecule has 0 aromatic heterocycles. The van der Waals surface area contributed by atoms with Crippen LogP contribution in [-0.4, -0.2) is 25.3 Å². The Morgan fingerprint density at radius 3 is 3.15 bits per heavy atom. The van der Waals surface area contributed by atoms with Crippen LogP contribution in [0.25, 0.3) is 0 Å². The summed E-state index contributed by atoms with van der Waals surface area (Å²) in [6.45, 7) is 1.96. The fraction of sp³-hybridized carbons (Fsp3) is 0.455. The standard InChI is InChI=1S/C11H12NO/c1-2-4-9(5-3-1)12-7-11-6-10(12)8-13-11/h1-2,4-5,10-11H,6-8H2. The van der Waals surface area contributed by atoms with Gasteiger partial charge in [0.15, 0.2) is 0 Å². The Morgan fingerprint density at radius 1 is 1.54 bits per heavy atom. The fourth-order valence-corrected chi connectivity index (χ4v) is 2.28. The molecule has 0 amide bonds. The molecule has 13 heavy (non-hydrogen) atoms. The van der Waals surface area contributed by atoms with Crippen LogP contribution in [0, 0.1) is 6.07 Å². The Kier molecular flexibility index (Phi) is 1.56. The van der Waals surface area contributed by atoms with Gasteiger partial charge in [-0.1, -0.05) is 12.1 Å². The second kappa shape index (κ2) is 2.74. The van der Waals surface area contributed by atoms with Gasteiger partial charge in [0.2, 0.25) is 0 Å². The van der Waals surface area contributed by atoms with E-state index in [-0.39, 0.29) is 0 Å². The van der Waals surface area contributed by atoms with Crippen LogP contribution >= 0.6 is 0 Å². The summed E-state index contributed by atoms with van der Waals surface area (Å²) in [4.78, 5) is 2.44. The van der Waals surface area contributed by atoms with Crippen molar-refractivity contribution in [2.75, 3.05) is 18.1 Å². The SMILES string of the molecule is [c]1cccc(N2CC3CC2CO3)c1. The maximum Gasteiger partial charge on any atom is 0.0771 e. The van der Waals surface area contributed by atoms with E-state index in [1.165, 1.54) is 12.1 Å². The summed E-state index contributed by atoms with van der Waals surface area (Å²) in [5.74, 6) is 0. The van der Waals surface area contributed by atoms with Crippen LogP contribution < -0.4 is 4.90 Å². The van der Waals surface area contributed by atoms with E-state index in [4.69, 9.17) is 4.74 Å². The van der Waals surface area contributed by atoms with Gasteiger partial charge in [-0.3, -0.25) is 0 Å². The van der Waals surface area contributed by atoms with Crippen molar-refractivity contribution in [1.82, 2.24) is 0 Å². The van der Waals surface area contributed by atoms with Crippen LogP contribution in [0.15, 0.2) is 24.3 Å². The number of fused-ring (bicyclic) bond motifs is 2. The highest BCUT2D eigenvalue weighted by Crippen LogP contribution is 2.31. The van der Waals surface area contributed by atoms with Crippen LogP contribution in [0.2, 0.25) is 0 Å². The van der Waals surface area contributed by atoms with Crippen molar-refractivity contribution in [3.63, 3.8) is 0 Å². The predicted molar refractivity (Wildman–Crippen MR) is 50.8 cm³/mol. The molecule has 0 N–H and O–H groups in total. The molecule has 2 heterocycles. The van der Waals surface area contributed by atoms with Crippen LogP contribution in [-0.2, 0) is 4.74 Å². The number of hydrogen-bond donors (Lipinski definition) is 0. The number of anilines is 1. The fourth-order valence-electron chi connectivity index (χ4n) is 2.28. The van der Waals surface area contributed by atoms with E-state index >= 15 is 0 Å². The van der Waals surface area contributed by atoms with Crippen molar-refractivity contribution in [2.24, 2.45) is 0 Å². The monoisotopic (exact) mass is 174 g/mol. The van der Waals surface area contributed by atoms with Gasteiger partial charge in [0.25, 0.3) is 0 Å². The van der Waals surface area contributed by atoms with Crippen molar-refractivity contribution >= 4 is 5.69 Å². The molecule has 2 saturated heterocycles. The summed E-state index contributed by atoms with van der Waals surface area (Å²) in [7, 11) is 0. The zero-order valence-electron chi connectivity index (χ0n) is 7.44. The zero-order chi connectivity index (χ0) is 8.67. The van der Waals surface area contributed by atoms with Gasteiger partial charge < -0.3 is 9.64 Å². The zero-order valence-corrected chi connectivity index (χ0v) is 7.44. The highest BCUT2D eigenvalue weighted by Gasteiger charge is 2.38. The summed E-state index contributed by atoms with van der Waals surface area (Å²) in [5.41, 5.74) is 1.29. The van der Waals surface area contributed by atoms with Gasteiger partial charge in [-0.05, 0) is 24.6 Å². The predicted octanol–water partition coefficient (Wildman–Crippen LogP) is 1.46. The van der Waals surface area contributed by atoms with Gasteiger partial charge in [-0.25, -0.2) is 0 Å². The van der Waals surface area contributed by atoms with Crippen molar-refractivity contribution < 1.29 is 4.74 Å². The number of ether oxygens (including phenoxy) is 1. The van der Waals surface area contributed by atoms with Crippen LogP contribution in [0.3, 0.4) is 0 Å². The maximum atomic E-state index is 5.55. The van der Waals surface area contributed by atoms with Crippen LogP contribution in [0.4, 0.5) is 5.69 Å². The van der Waals surface area contributed by atoms with E-state index in [1.807, 2.05) is 12.1 Å². The topological polar surface area (TPSA) is 12.5 Å². The molecule has 2 nitrogen and oxygen atoms in total. The van der Waals surface area contributed by atoms with Crippen molar-refractivity contribution in [3.8, 4) is 0 Å². The Morgan fingerprint density at radius 2 is 2.54 bits per heavy atom. The molecule has 0 spiro atoms. The number of nitrogens with zero attached hydrogens (tertiary/aromatic N) is 1. The molecule has 1 aromatic rings. The van der Waals surface area contributed by atoms with Crippen LogP contribution in [0.1, 0.15) is 6.42 Å². The molecule has 0 aliphatic carbocycles. The first-order chi connectivity index (χ1) is 6.43. The molecule has 2 fully saturated rings. The van der Waals surface area contributed by atoms with Gasteiger partial charge in [-0.2, -0.15) is 0 Å². The summed E-state index contributed by atoms with van der Waals surface area (Å²) in [6.07, 6.45) is 1.68. The molecule has 3 rings (SSSR count). The largest absolute Gasteiger partial charge is 0.374 e. The van der Waals surface area contributed by atoms with E-state index in [0.717, 1.165) is 13.2 Å². The molecule has 2 aliphatic rings. The number of morpholine rings is 1. The lowest BCUT2D eigenvalue weighted by Crippen LogP contribution is -2.36. The molecule has 2 atom stereocenters. The quantitative estimate of drug-likeness (QED) is 0.639. The molecule has 2 bridgehead atoms. The third-order valence-electron chi connectivity index (χ3n) is 2.92. The summed E-state index contributed by atoms with van der Waals surface area (Å²) in [6, 6.07) is 11.9. The number of rotatable bonds is 1. The lowest BCUT2D eigenvalue weighted by molar-refractivity contribution is 0.0991. The summed E-state index contributed by atoms with van der Waals surface area (Å²) < 4.78 is 5.55. The molecular formula is C11H12NO. The average Bonchev–Trinajstić information content (AvgIpc) is 2.80. The molecular weight excluding hydrogens is 162 g/mol. The minimum Gasteiger partial charge on any atom is -0.374 e. The Hall–Kier alpha value is -1.02. The van der Waals surface area contributed by atoms with E-state index in [0.29, 0.717) is 12.1 Å². The van der Waals surface area contributed by atoms with Gasteiger partial charge in [0.1, 0.15) is 0 Å². The van der Waals surface area contributed by atoms with Gasteiger partial charge in [0, 0.05) is 12.2 Å². The third-order valence-corrected chi connectivity index (χ3v) is 2.92. The molecule has 1 radical (unpaired) electrons. The van der Waals surface area contributed by atoms with Gasteiger partial charge in [0.05, 0.1) is 18.8 Å². The van der Waals surface area contributed by atoms with Crippen molar-refractivity contribution in [3.05, 3.63) is 30.3 Å². The van der Waals surface area contributed by atoms with Gasteiger partial charge in [-0.15, -0.1) is 0 Å². The highest BCUT2D eigenvalue weighted by molar-refractivity contribution is 5.48. The van der Waals surface area contributed by atoms with E-state index in [1.54, 1.807) is 0 Å². The van der Waals surface area contributed by atoms with E-state index in [9.17, 15) is 0 Å². The molecule has 2 aliphatic heterocycles. The minimum absolute atomic E-state index is 0.477. The summed E-state index contributed by atoms with van der Waals surface area (Å²) in [5, 5.41) is 0. The van der Waals surface area contributed by atoms with Crippen molar-refractivity contribution in [2.45, 2.75) is 18.6 Å². The summed E-state index contributed by atoms with van der Waals surface area (Å²) >= 11 is 0. The molecule has 0 saturated carbocycles. The van der Waals surface area contributed by atoms with Crippen LogP contribution in [0.5, 0.6) is 0 Å². The molecule has 2 unspecified atom stereocenters. The lowest BCUT2D eigenvalue weighted by atomic mass is 10.2. The molecule has 1 aromatic carbocycles. The number of hydrogen-bond acceptors (Lipinski definition) is 2.